The number of aromatic nitrogens is 2. The third-order valence-corrected chi connectivity index (χ3v) is 5.55. The molecular formula is C26H31FN4O2. The smallest absolute Gasteiger partial charge is 0.318 e. The number of rotatable bonds is 8. The van der Waals surface area contributed by atoms with Crippen LogP contribution in [0.2, 0.25) is 0 Å². The highest BCUT2D eigenvalue weighted by molar-refractivity contribution is 5.75. The molecule has 0 radical (unpaired) electrons. The van der Waals surface area contributed by atoms with Gasteiger partial charge in [0.2, 0.25) is 5.88 Å². The van der Waals surface area contributed by atoms with Crippen molar-refractivity contribution in [1.29, 1.82) is 0 Å². The van der Waals surface area contributed by atoms with Gasteiger partial charge in [0.1, 0.15) is 0 Å². The molecule has 7 heteroatoms. The second kappa shape index (κ2) is 9.65. The largest absolute Gasteiger partial charge is 0.435 e. The molecule has 4 rings (SSSR count). The summed E-state index contributed by atoms with van der Waals surface area (Å²) in [7, 11) is 0. The molecule has 3 aromatic rings. The lowest BCUT2D eigenvalue weighted by atomic mass is 10.1. The highest BCUT2D eigenvalue weighted by Crippen LogP contribution is 2.37. The Morgan fingerprint density at radius 1 is 1.12 bits per heavy atom. The van der Waals surface area contributed by atoms with Crippen molar-refractivity contribution in [3.8, 4) is 17.3 Å². The second-order valence-corrected chi connectivity index (χ2v) is 9.07. The van der Waals surface area contributed by atoms with Crippen molar-refractivity contribution in [1.82, 2.24) is 20.0 Å². The number of benzene rings is 2. The van der Waals surface area contributed by atoms with Crippen molar-refractivity contribution in [2.45, 2.75) is 65.1 Å². The molecule has 2 amide bonds. The van der Waals surface area contributed by atoms with E-state index in [1.807, 2.05) is 49.1 Å². The zero-order chi connectivity index (χ0) is 23.5. The van der Waals surface area contributed by atoms with Crippen molar-refractivity contribution in [2.24, 2.45) is 0 Å². The van der Waals surface area contributed by atoms with E-state index in [0.717, 1.165) is 29.8 Å². The van der Waals surface area contributed by atoms with Crippen LogP contribution in [-0.2, 0) is 6.54 Å². The summed E-state index contributed by atoms with van der Waals surface area (Å²) in [5.74, 6) is 0.183. The van der Waals surface area contributed by atoms with Crippen LogP contribution in [0.4, 0.5) is 9.18 Å². The van der Waals surface area contributed by atoms with Gasteiger partial charge in [-0.3, -0.25) is 0 Å². The van der Waals surface area contributed by atoms with Crippen LogP contribution in [0, 0.1) is 5.82 Å². The van der Waals surface area contributed by atoms with E-state index in [0.29, 0.717) is 12.4 Å². The van der Waals surface area contributed by atoms with E-state index in [-0.39, 0.29) is 29.8 Å². The second-order valence-electron chi connectivity index (χ2n) is 9.07. The third kappa shape index (κ3) is 5.18. The number of nitrogens with one attached hydrogen (secondary N) is 1. The summed E-state index contributed by atoms with van der Waals surface area (Å²) in [6.07, 6.45) is 1.94. The predicted octanol–water partition coefficient (Wildman–Crippen LogP) is 6.01. The summed E-state index contributed by atoms with van der Waals surface area (Å²) in [5, 5.41) is 7.88. The van der Waals surface area contributed by atoms with Crippen molar-refractivity contribution < 1.29 is 13.9 Å². The van der Waals surface area contributed by atoms with Gasteiger partial charge in [0.15, 0.2) is 11.6 Å². The molecule has 1 aliphatic rings. The molecule has 0 spiro atoms. The molecule has 1 heterocycles. The van der Waals surface area contributed by atoms with Crippen molar-refractivity contribution in [3.63, 3.8) is 0 Å². The summed E-state index contributed by atoms with van der Waals surface area (Å²) in [6.45, 7) is 8.35. The summed E-state index contributed by atoms with van der Waals surface area (Å²) in [5.41, 5.74) is 2.43. The van der Waals surface area contributed by atoms with Crippen LogP contribution >= 0.6 is 0 Å². The average molecular weight is 451 g/mol. The topological polar surface area (TPSA) is 59.4 Å². The van der Waals surface area contributed by atoms with Gasteiger partial charge in [0, 0.05) is 12.1 Å². The first-order chi connectivity index (χ1) is 15.8. The van der Waals surface area contributed by atoms with Gasteiger partial charge < -0.3 is 15.0 Å². The van der Waals surface area contributed by atoms with Gasteiger partial charge in [-0.1, -0.05) is 44.2 Å². The van der Waals surface area contributed by atoms with Crippen LogP contribution in [0.1, 0.15) is 57.7 Å². The third-order valence-electron chi connectivity index (χ3n) is 5.55. The predicted molar refractivity (Wildman–Crippen MR) is 126 cm³/mol. The number of ether oxygens (including phenoxy) is 1. The van der Waals surface area contributed by atoms with Crippen LogP contribution in [0.5, 0.6) is 11.6 Å². The van der Waals surface area contributed by atoms with Crippen molar-refractivity contribution in [3.05, 3.63) is 71.7 Å². The van der Waals surface area contributed by atoms with Gasteiger partial charge in [-0.25, -0.2) is 13.9 Å². The molecule has 0 bridgehead atoms. The van der Waals surface area contributed by atoms with Crippen LogP contribution < -0.4 is 10.1 Å². The maximum absolute atomic E-state index is 14.5. The Morgan fingerprint density at radius 2 is 1.79 bits per heavy atom. The highest BCUT2D eigenvalue weighted by atomic mass is 19.1. The number of nitrogens with zero attached hydrogens (tertiary/aromatic N) is 3. The average Bonchev–Trinajstić information content (AvgIpc) is 3.55. The number of urea groups is 1. The number of carbonyl (C=O) groups is 1. The molecule has 1 saturated carbocycles. The first kappa shape index (κ1) is 22.8. The van der Waals surface area contributed by atoms with E-state index < -0.39 is 5.82 Å². The van der Waals surface area contributed by atoms with Gasteiger partial charge in [0.25, 0.3) is 0 Å². The molecule has 0 aliphatic heterocycles. The lowest BCUT2D eigenvalue weighted by molar-refractivity contribution is 0.188. The number of hydrogen-bond acceptors (Lipinski definition) is 3. The molecule has 6 nitrogen and oxygen atoms in total. The molecule has 1 aromatic heterocycles. The monoisotopic (exact) mass is 450 g/mol. The fraction of sp³-hybridized carbons (Fsp3) is 0.385. The highest BCUT2D eigenvalue weighted by Gasteiger charge is 2.35. The van der Waals surface area contributed by atoms with Crippen LogP contribution in [0.15, 0.2) is 54.6 Å². The van der Waals surface area contributed by atoms with E-state index in [1.54, 1.807) is 22.9 Å². The minimum Gasteiger partial charge on any atom is -0.435 e. The van der Waals surface area contributed by atoms with Crippen molar-refractivity contribution in [2.75, 3.05) is 0 Å². The normalized spacial score (nSPS) is 13.4. The summed E-state index contributed by atoms with van der Waals surface area (Å²) in [4.78, 5) is 14.9. The Kier molecular flexibility index (Phi) is 6.67. The van der Waals surface area contributed by atoms with Crippen LogP contribution in [0.3, 0.4) is 0 Å². The fourth-order valence-corrected chi connectivity index (χ4v) is 3.80. The maximum Gasteiger partial charge on any atom is 0.318 e. The minimum absolute atomic E-state index is 0.0319. The minimum atomic E-state index is -0.452. The summed E-state index contributed by atoms with van der Waals surface area (Å²) < 4.78 is 22.4. The van der Waals surface area contributed by atoms with Gasteiger partial charge in [-0.15, -0.1) is 0 Å². The molecule has 1 fully saturated rings. The van der Waals surface area contributed by atoms with E-state index in [4.69, 9.17) is 9.84 Å². The van der Waals surface area contributed by atoms with Crippen LogP contribution in [0.25, 0.3) is 5.69 Å². The molecule has 174 valence electrons. The quantitative estimate of drug-likeness (QED) is 0.457. The zero-order valence-electron chi connectivity index (χ0n) is 19.6. The first-order valence-electron chi connectivity index (χ1n) is 11.5. The van der Waals surface area contributed by atoms with E-state index in [2.05, 4.69) is 19.2 Å². The number of carbonyl (C=O) groups excluding carboxylic acids is 1. The molecule has 0 unspecified atom stereocenters. The van der Waals surface area contributed by atoms with Crippen LogP contribution in [-0.4, -0.2) is 32.8 Å². The SMILES string of the molecule is CC(C)NC(=O)N(Cc1c(C(C)C)nn(-c2ccccc2)c1Oc1ccccc1F)C1CC1. The lowest BCUT2D eigenvalue weighted by Gasteiger charge is -2.25. The number of para-hydroxylation sites is 2. The molecule has 0 atom stereocenters. The molecule has 33 heavy (non-hydrogen) atoms. The molecule has 2 aromatic carbocycles. The lowest BCUT2D eigenvalue weighted by Crippen LogP contribution is -2.43. The molecule has 1 N–H and O–H groups in total. The number of hydrogen-bond donors (Lipinski definition) is 1. The standard InChI is InChI=1S/C26H31FN4O2/c1-17(2)24-21(16-30(19-14-15-19)26(32)28-18(3)4)25(33-23-13-9-8-12-22(23)27)31(29-24)20-10-6-5-7-11-20/h5-13,17-19H,14-16H2,1-4H3,(H,28,32). The molecule has 0 saturated heterocycles. The Morgan fingerprint density at radius 3 is 2.39 bits per heavy atom. The van der Waals surface area contributed by atoms with Gasteiger partial charge >= 0.3 is 6.03 Å². The number of amides is 2. The Hall–Kier alpha value is -3.35. The summed E-state index contributed by atoms with van der Waals surface area (Å²) in [6, 6.07) is 16.1. The van der Waals surface area contributed by atoms with Gasteiger partial charge in [-0.2, -0.15) is 5.10 Å². The maximum atomic E-state index is 14.5. The molecule has 1 aliphatic carbocycles. The van der Waals surface area contributed by atoms with Crippen molar-refractivity contribution >= 4 is 6.03 Å². The number of halogens is 1. The Balaban J connectivity index is 1.82. The fourth-order valence-electron chi connectivity index (χ4n) is 3.80. The van der Waals surface area contributed by atoms with Gasteiger partial charge in [0.05, 0.1) is 23.5 Å². The van der Waals surface area contributed by atoms with E-state index in [9.17, 15) is 9.18 Å². The van der Waals surface area contributed by atoms with E-state index in [1.165, 1.54) is 6.07 Å². The van der Waals surface area contributed by atoms with E-state index >= 15 is 0 Å². The zero-order valence-corrected chi connectivity index (χ0v) is 19.6. The Bertz CT molecular complexity index is 1110. The molecular weight excluding hydrogens is 419 g/mol. The van der Waals surface area contributed by atoms with Gasteiger partial charge in [-0.05, 0) is 56.9 Å². The Labute approximate surface area is 194 Å². The summed E-state index contributed by atoms with van der Waals surface area (Å²) >= 11 is 0. The first-order valence-corrected chi connectivity index (χ1v) is 11.5.